The molecular weight excluding hydrogens is 370 g/mol. The Hall–Kier alpha value is -2.34. The van der Waals surface area contributed by atoms with Crippen LogP contribution in [0.25, 0.3) is 0 Å². The second-order valence-corrected chi connectivity index (χ2v) is 6.54. The molecule has 2 amide bonds. The molecule has 3 rings (SSSR count). The van der Waals surface area contributed by atoms with Gasteiger partial charge in [-0.1, -0.05) is 28.1 Å². The number of benzene rings is 2. The van der Waals surface area contributed by atoms with Gasteiger partial charge in [0.15, 0.2) is 0 Å². The Morgan fingerprint density at radius 3 is 2.50 bits per heavy atom. The van der Waals surface area contributed by atoms with Gasteiger partial charge in [0.05, 0.1) is 6.54 Å². The molecule has 0 atom stereocenters. The van der Waals surface area contributed by atoms with Crippen molar-refractivity contribution in [2.24, 2.45) is 0 Å². The molecule has 0 radical (unpaired) electrons. The van der Waals surface area contributed by atoms with Gasteiger partial charge in [-0.25, -0.2) is 0 Å². The summed E-state index contributed by atoms with van der Waals surface area (Å²) in [5.41, 5.74) is 2.67. The van der Waals surface area contributed by atoms with Crippen LogP contribution in [-0.4, -0.2) is 31.4 Å². The number of piperazine rings is 1. The summed E-state index contributed by atoms with van der Waals surface area (Å²) in [7, 11) is 0. The van der Waals surface area contributed by atoms with Gasteiger partial charge in [-0.3, -0.25) is 9.59 Å². The molecule has 1 saturated heterocycles. The summed E-state index contributed by atoms with van der Waals surface area (Å²) in [6.07, 6.45) is 0. The molecule has 0 aromatic heterocycles. The van der Waals surface area contributed by atoms with Crippen molar-refractivity contribution in [2.75, 3.05) is 24.5 Å². The number of carbonyl (C=O) groups is 2. The van der Waals surface area contributed by atoms with E-state index in [0.29, 0.717) is 25.2 Å². The second-order valence-electron chi connectivity index (χ2n) is 5.63. The molecular formula is C18H18BrN3O2. The van der Waals surface area contributed by atoms with E-state index >= 15 is 0 Å². The van der Waals surface area contributed by atoms with E-state index in [9.17, 15) is 9.59 Å². The van der Waals surface area contributed by atoms with Gasteiger partial charge in [0.2, 0.25) is 5.91 Å². The quantitative estimate of drug-likeness (QED) is 0.845. The van der Waals surface area contributed by atoms with Crippen LogP contribution in [0, 0.1) is 0 Å². The van der Waals surface area contributed by atoms with Crippen molar-refractivity contribution < 1.29 is 9.59 Å². The van der Waals surface area contributed by atoms with Crippen LogP contribution in [0.3, 0.4) is 0 Å². The predicted molar refractivity (Wildman–Crippen MR) is 97.0 cm³/mol. The molecule has 2 N–H and O–H groups in total. The number of anilines is 1. The smallest absolute Gasteiger partial charge is 0.251 e. The molecule has 1 aliphatic heterocycles. The number of hydrogen-bond acceptors (Lipinski definition) is 3. The van der Waals surface area contributed by atoms with Crippen molar-refractivity contribution in [3.05, 3.63) is 64.1 Å². The van der Waals surface area contributed by atoms with Crippen molar-refractivity contribution in [3.63, 3.8) is 0 Å². The molecule has 2 aromatic rings. The van der Waals surface area contributed by atoms with E-state index in [-0.39, 0.29) is 11.8 Å². The van der Waals surface area contributed by atoms with Crippen molar-refractivity contribution in [1.82, 2.24) is 10.6 Å². The molecule has 0 unspecified atom stereocenters. The number of hydrogen-bond donors (Lipinski definition) is 2. The molecule has 0 spiro atoms. The zero-order valence-electron chi connectivity index (χ0n) is 13.1. The summed E-state index contributed by atoms with van der Waals surface area (Å²) < 4.78 is 0.945. The maximum Gasteiger partial charge on any atom is 0.251 e. The van der Waals surface area contributed by atoms with Crippen molar-refractivity contribution in [1.29, 1.82) is 0 Å². The predicted octanol–water partition coefficient (Wildman–Crippen LogP) is 2.32. The van der Waals surface area contributed by atoms with E-state index in [1.165, 1.54) is 0 Å². The van der Waals surface area contributed by atoms with Gasteiger partial charge >= 0.3 is 0 Å². The maximum atomic E-state index is 12.1. The average Bonchev–Trinajstić information content (AvgIpc) is 2.61. The molecule has 5 nitrogen and oxygen atoms in total. The summed E-state index contributed by atoms with van der Waals surface area (Å²) in [4.78, 5) is 25.6. The Bertz CT molecular complexity index is 729. The molecule has 6 heteroatoms. The average molecular weight is 388 g/mol. The lowest BCUT2D eigenvalue weighted by Gasteiger charge is -2.28. The molecule has 124 valence electrons. The zero-order valence-corrected chi connectivity index (χ0v) is 14.7. The number of rotatable bonds is 4. The molecule has 1 fully saturated rings. The number of nitrogens with one attached hydrogen (secondary N) is 2. The first-order valence-corrected chi connectivity index (χ1v) is 8.55. The molecule has 0 aliphatic carbocycles. The minimum absolute atomic E-state index is 0.0482. The highest BCUT2D eigenvalue weighted by atomic mass is 79.9. The van der Waals surface area contributed by atoms with Crippen molar-refractivity contribution >= 4 is 33.4 Å². The third-order valence-electron chi connectivity index (χ3n) is 3.90. The Kier molecular flexibility index (Phi) is 5.15. The first-order valence-electron chi connectivity index (χ1n) is 7.76. The van der Waals surface area contributed by atoms with E-state index in [0.717, 1.165) is 22.3 Å². The monoisotopic (exact) mass is 387 g/mol. The van der Waals surface area contributed by atoms with Crippen LogP contribution in [-0.2, 0) is 11.3 Å². The fourth-order valence-electron chi connectivity index (χ4n) is 2.57. The standard InChI is InChI=1S/C18H18BrN3O2/c19-15-5-3-14(4-6-15)18(24)21-11-13-1-7-16(8-2-13)22-10-9-20-17(23)12-22/h1-8H,9-12H2,(H,20,23)(H,21,24). The lowest BCUT2D eigenvalue weighted by atomic mass is 10.1. The lowest BCUT2D eigenvalue weighted by molar-refractivity contribution is -0.120. The molecule has 0 bridgehead atoms. The van der Waals surface area contributed by atoms with Crippen LogP contribution < -0.4 is 15.5 Å². The Morgan fingerprint density at radius 1 is 1.12 bits per heavy atom. The molecule has 1 heterocycles. The van der Waals surface area contributed by atoms with E-state index < -0.39 is 0 Å². The summed E-state index contributed by atoms with van der Waals surface area (Å²) in [5, 5.41) is 5.72. The summed E-state index contributed by atoms with van der Waals surface area (Å²) in [5.74, 6) is -0.0497. The number of halogens is 1. The topological polar surface area (TPSA) is 61.4 Å². The highest BCUT2D eigenvalue weighted by Crippen LogP contribution is 2.16. The van der Waals surface area contributed by atoms with Crippen LogP contribution in [0.1, 0.15) is 15.9 Å². The van der Waals surface area contributed by atoms with Gasteiger partial charge in [-0.15, -0.1) is 0 Å². The number of carbonyl (C=O) groups excluding carboxylic acids is 2. The van der Waals surface area contributed by atoms with Crippen LogP contribution in [0.15, 0.2) is 53.0 Å². The first-order chi connectivity index (χ1) is 11.6. The summed E-state index contributed by atoms with van der Waals surface area (Å²) in [6.45, 7) is 2.34. The number of amides is 2. The van der Waals surface area contributed by atoms with Gasteiger partial charge in [-0.05, 0) is 42.0 Å². The minimum Gasteiger partial charge on any atom is -0.360 e. The SMILES string of the molecule is O=C1CN(c2ccc(CNC(=O)c3ccc(Br)cc3)cc2)CCN1. The van der Waals surface area contributed by atoms with E-state index in [4.69, 9.17) is 0 Å². The molecule has 24 heavy (non-hydrogen) atoms. The fourth-order valence-corrected chi connectivity index (χ4v) is 2.83. The Balaban J connectivity index is 1.57. The second kappa shape index (κ2) is 7.49. The van der Waals surface area contributed by atoms with Gasteiger partial charge in [0.1, 0.15) is 0 Å². The highest BCUT2D eigenvalue weighted by molar-refractivity contribution is 9.10. The molecule has 0 saturated carbocycles. The third-order valence-corrected chi connectivity index (χ3v) is 4.43. The normalized spacial score (nSPS) is 14.2. The highest BCUT2D eigenvalue weighted by Gasteiger charge is 2.16. The molecule has 1 aliphatic rings. The zero-order chi connectivity index (χ0) is 16.9. The first kappa shape index (κ1) is 16.5. The minimum atomic E-state index is -0.0979. The van der Waals surface area contributed by atoms with Crippen LogP contribution >= 0.6 is 15.9 Å². The molecule has 2 aromatic carbocycles. The van der Waals surface area contributed by atoms with Gasteiger partial charge in [-0.2, -0.15) is 0 Å². The van der Waals surface area contributed by atoms with Crippen LogP contribution in [0.2, 0.25) is 0 Å². The van der Waals surface area contributed by atoms with E-state index in [1.54, 1.807) is 12.1 Å². The van der Waals surface area contributed by atoms with Gasteiger partial charge in [0, 0.05) is 35.4 Å². The maximum absolute atomic E-state index is 12.1. The number of nitrogens with zero attached hydrogens (tertiary/aromatic N) is 1. The summed E-state index contributed by atoms with van der Waals surface area (Å²) >= 11 is 3.35. The van der Waals surface area contributed by atoms with Crippen molar-refractivity contribution in [3.8, 4) is 0 Å². The van der Waals surface area contributed by atoms with E-state index in [2.05, 4.69) is 26.6 Å². The lowest BCUT2D eigenvalue weighted by Crippen LogP contribution is -2.47. The third kappa shape index (κ3) is 4.14. The van der Waals surface area contributed by atoms with Gasteiger partial charge in [0.25, 0.3) is 5.91 Å². The van der Waals surface area contributed by atoms with Gasteiger partial charge < -0.3 is 15.5 Å². The largest absolute Gasteiger partial charge is 0.360 e. The Morgan fingerprint density at radius 2 is 1.83 bits per heavy atom. The fraction of sp³-hybridized carbons (Fsp3) is 0.222. The Labute approximate surface area is 149 Å². The van der Waals surface area contributed by atoms with Crippen LogP contribution in [0.5, 0.6) is 0 Å². The van der Waals surface area contributed by atoms with E-state index in [1.807, 2.05) is 41.3 Å². The van der Waals surface area contributed by atoms with Crippen LogP contribution in [0.4, 0.5) is 5.69 Å². The summed E-state index contributed by atoms with van der Waals surface area (Å²) in [6, 6.07) is 15.2. The van der Waals surface area contributed by atoms with Crippen molar-refractivity contribution in [2.45, 2.75) is 6.54 Å².